The number of nitrogens with zero attached hydrogens (tertiary/aromatic N) is 2. The van der Waals surface area contributed by atoms with Crippen molar-refractivity contribution in [1.82, 2.24) is 10.3 Å². The van der Waals surface area contributed by atoms with E-state index in [1.165, 1.54) is 4.88 Å². The van der Waals surface area contributed by atoms with Crippen LogP contribution in [0, 0.1) is 6.92 Å². The quantitative estimate of drug-likeness (QED) is 0.892. The molecule has 0 amide bonds. The van der Waals surface area contributed by atoms with Gasteiger partial charge in [0, 0.05) is 24.0 Å². The highest BCUT2D eigenvalue weighted by Gasteiger charge is 2.19. The van der Waals surface area contributed by atoms with Crippen molar-refractivity contribution < 1.29 is 4.74 Å². The SMILES string of the molecule is CCNC(C)c1sc(N2CCOCC2)nc1C. The first-order chi connectivity index (χ1) is 8.22. The lowest BCUT2D eigenvalue weighted by Gasteiger charge is -2.26. The lowest BCUT2D eigenvalue weighted by molar-refractivity contribution is 0.122. The van der Waals surface area contributed by atoms with Crippen molar-refractivity contribution in [2.75, 3.05) is 37.7 Å². The third-order valence-corrected chi connectivity index (χ3v) is 4.41. The number of hydrogen-bond donors (Lipinski definition) is 1. The average molecular weight is 255 g/mol. The summed E-state index contributed by atoms with van der Waals surface area (Å²) in [5.41, 5.74) is 1.16. The van der Waals surface area contributed by atoms with E-state index in [0.717, 1.165) is 43.7 Å². The molecule has 0 aromatic carbocycles. The van der Waals surface area contributed by atoms with E-state index in [-0.39, 0.29) is 0 Å². The van der Waals surface area contributed by atoms with Crippen molar-refractivity contribution in [2.45, 2.75) is 26.8 Å². The van der Waals surface area contributed by atoms with Gasteiger partial charge in [-0.25, -0.2) is 4.98 Å². The van der Waals surface area contributed by atoms with E-state index in [1.807, 2.05) is 11.3 Å². The largest absolute Gasteiger partial charge is 0.378 e. The van der Waals surface area contributed by atoms with Crippen LogP contribution < -0.4 is 10.2 Å². The maximum Gasteiger partial charge on any atom is 0.185 e. The third kappa shape index (κ3) is 2.97. The van der Waals surface area contributed by atoms with Crippen molar-refractivity contribution in [3.8, 4) is 0 Å². The summed E-state index contributed by atoms with van der Waals surface area (Å²) in [6.45, 7) is 11.0. The van der Waals surface area contributed by atoms with Crippen LogP contribution in [0.5, 0.6) is 0 Å². The van der Waals surface area contributed by atoms with Crippen LogP contribution in [-0.4, -0.2) is 37.8 Å². The van der Waals surface area contributed by atoms with Crippen LogP contribution in [0.1, 0.15) is 30.5 Å². The Morgan fingerprint density at radius 1 is 1.47 bits per heavy atom. The number of aromatic nitrogens is 1. The van der Waals surface area contributed by atoms with Crippen LogP contribution in [0.3, 0.4) is 0 Å². The van der Waals surface area contributed by atoms with Crippen LogP contribution in [0.15, 0.2) is 0 Å². The molecule has 96 valence electrons. The second-order valence-corrected chi connectivity index (χ2v) is 5.33. The minimum atomic E-state index is 0.396. The molecule has 0 spiro atoms. The summed E-state index contributed by atoms with van der Waals surface area (Å²) in [5.74, 6) is 0. The Labute approximate surface area is 107 Å². The maximum atomic E-state index is 5.37. The summed E-state index contributed by atoms with van der Waals surface area (Å²) >= 11 is 1.81. The molecule has 17 heavy (non-hydrogen) atoms. The molecular formula is C12H21N3OS. The van der Waals surface area contributed by atoms with E-state index < -0.39 is 0 Å². The smallest absolute Gasteiger partial charge is 0.185 e. The standard InChI is InChI=1S/C12H21N3OS/c1-4-13-9(2)11-10(3)14-12(17-11)15-5-7-16-8-6-15/h9,13H,4-8H2,1-3H3. The predicted molar refractivity (Wildman–Crippen MR) is 72.0 cm³/mol. The summed E-state index contributed by atoms with van der Waals surface area (Å²) in [6, 6.07) is 0.396. The molecule has 1 aliphatic heterocycles. The van der Waals surface area contributed by atoms with Crippen LogP contribution in [0.25, 0.3) is 0 Å². The zero-order valence-electron chi connectivity index (χ0n) is 10.8. The monoisotopic (exact) mass is 255 g/mol. The Hall–Kier alpha value is -0.650. The number of anilines is 1. The van der Waals surface area contributed by atoms with Gasteiger partial charge in [0.25, 0.3) is 0 Å². The van der Waals surface area contributed by atoms with Gasteiger partial charge in [-0.2, -0.15) is 0 Å². The Kier molecular flexibility index (Phi) is 4.36. The van der Waals surface area contributed by atoms with Crippen molar-refractivity contribution in [3.63, 3.8) is 0 Å². The number of hydrogen-bond acceptors (Lipinski definition) is 5. The summed E-state index contributed by atoms with van der Waals surface area (Å²) in [7, 11) is 0. The van der Waals surface area contributed by atoms with Gasteiger partial charge in [-0.15, -0.1) is 11.3 Å². The van der Waals surface area contributed by atoms with Gasteiger partial charge in [0.1, 0.15) is 0 Å². The second kappa shape index (κ2) is 5.80. The number of aryl methyl sites for hydroxylation is 1. The number of thiazole rings is 1. The lowest BCUT2D eigenvalue weighted by Crippen LogP contribution is -2.36. The van der Waals surface area contributed by atoms with Crippen LogP contribution >= 0.6 is 11.3 Å². The fraction of sp³-hybridized carbons (Fsp3) is 0.750. The topological polar surface area (TPSA) is 37.4 Å². The highest BCUT2D eigenvalue weighted by molar-refractivity contribution is 7.15. The molecule has 0 saturated carbocycles. The molecule has 1 aliphatic rings. The molecule has 1 atom stereocenters. The number of morpholine rings is 1. The first-order valence-corrected chi connectivity index (χ1v) is 7.07. The molecule has 1 N–H and O–H groups in total. The molecule has 1 saturated heterocycles. The molecule has 4 nitrogen and oxygen atoms in total. The highest BCUT2D eigenvalue weighted by atomic mass is 32.1. The van der Waals surface area contributed by atoms with Gasteiger partial charge in [-0.1, -0.05) is 6.92 Å². The van der Waals surface area contributed by atoms with Gasteiger partial charge in [-0.3, -0.25) is 0 Å². The Morgan fingerprint density at radius 3 is 2.82 bits per heavy atom. The number of rotatable bonds is 4. The fourth-order valence-corrected chi connectivity index (χ4v) is 3.23. The van der Waals surface area contributed by atoms with Gasteiger partial charge in [0.15, 0.2) is 5.13 Å². The molecule has 0 radical (unpaired) electrons. The van der Waals surface area contributed by atoms with Gasteiger partial charge in [-0.05, 0) is 20.4 Å². The van der Waals surface area contributed by atoms with Crippen molar-refractivity contribution >= 4 is 16.5 Å². The Balaban J connectivity index is 2.11. The fourth-order valence-electron chi connectivity index (χ4n) is 2.08. The third-order valence-electron chi connectivity index (χ3n) is 3.01. The summed E-state index contributed by atoms with van der Waals surface area (Å²) < 4.78 is 5.37. The molecule has 0 bridgehead atoms. The van der Waals surface area contributed by atoms with Gasteiger partial charge in [0.2, 0.25) is 0 Å². The Morgan fingerprint density at radius 2 is 2.18 bits per heavy atom. The highest BCUT2D eigenvalue weighted by Crippen LogP contribution is 2.30. The molecule has 1 aromatic rings. The van der Waals surface area contributed by atoms with E-state index in [9.17, 15) is 0 Å². The van der Waals surface area contributed by atoms with E-state index >= 15 is 0 Å². The summed E-state index contributed by atoms with van der Waals surface area (Å²) in [6.07, 6.45) is 0. The molecule has 0 aliphatic carbocycles. The van der Waals surface area contributed by atoms with Crippen molar-refractivity contribution in [1.29, 1.82) is 0 Å². The number of ether oxygens (including phenoxy) is 1. The summed E-state index contributed by atoms with van der Waals surface area (Å²) in [5, 5.41) is 4.59. The van der Waals surface area contributed by atoms with E-state index in [1.54, 1.807) is 0 Å². The van der Waals surface area contributed by atoms with Crippen molar-refractivity contribution in [2.24, 2.45) is 0 Å². The van der Waals surface area contributed by atoms with Crippen molar-refractivity contribution in [3.05, 3.63) is 10.6 Å². The molecule has 2 rings (SSSR count). The molecule has 1 aromatic heterocycles. The van der Waals surface area contributed by atoms with Gasteiger partial charge >= 0.3 is 0 Å². The zero-order chi connectivity index (χ0) is 12.3. The normalized spacial score (nSPS) is 18.4. The van der Waals surface area contributed by atoms with E-state index in [0.29, 0.717) is 6.04 Å². The Bertz CT molecular complexity index is 361. The summed E-state index contributed by atoms with van der Waals surface area (Å²) in [4.78, 5) is 8.36. The molecule has 2 heterocycles. The van der Waals surface area contributed by atoms with E-state index in [2.05, 4.69) is 36.0 Å². The first-order valence-electron chi connectivity index (χ1n) is 6.25. The molecule has 5 heteroatoms. The van der Waals surface area contributed by atoms with Crippen LogP contribution in [0.4, 0.5) is 5.13 Å². The number of nitrogens with one attached hydrogen (secondary N) is 1. The minimum Gasteiger partial charge on any atom is -0.378 e. The molecule has 1 fully saturated rings. The van der Waals surface area contributed by atoms with Crippen LogP contribution in [0.2, 0.25) is 0 Å². The van der Waals surface area contributed by atoms with Gasteiger partial charge in [0.05, 0.1) is 18.9 Å². The van der Waals surface area contributed by atoms with Gasteiger partial charge < -0.3 is 15.0 Å². The lowest BCUT2D eigenvalue weighted by atomic mass is 10.2. The maximum absolute atomic E-state index is 5.37. The zero-order valence-corrected chi connectivity index (χ0v) is 11.6. The van der Waals surface area contributed by atoms with Crippen LogP contribution in [-0.2, 0) is 4.74 Å². The predicted octanol–water partition coefficient (Wildman–Crippen LogP) is 1.96. The molecular weight excluding hydrogens is 234 g/mol. The average Bonchev–Trinajstić information content (AvgIpc) is 2.73. The minimum absolute atomic E-state index is 0.396. The second-order valence-electron chi connectivity index (χ2n) is 4.32. The first kappa shape index (κ1) is 12.8. The molecule has 1 unspecified atom stereocenters. The van der Waals surface area contributed by atoms with E-state index in [4.69, 9.17) is 4.74 Å².